The molecule has 0 aliphatic rings. The summed E-state index contributed by atoms with van der Waals surface area (Å²) in [5, 5.41) is 23.3. The van der Waals surface area contributed by atoms with Gasteiger partial charge in [0.05, 0.1) is 25.4 Å². The van der Waals surface area contributed by atoms with Gasteiger partial charge in [-0.25, -0.2) is 0 Å². The van der Waals surface area contributed by atoms with Crippen molar-refractivity contribution in [3.63, 3.8) is 0 Å². The van der Waals surface area contributed by atoms with Crippen molar-refractivity contribution in [1.29, 1.82) is 0 Å². The number of amides is 1. The van der Waals surface area contributed by atoms with E-state index in [0.29, 0.717) is 19.4 Å². The smallest absolute Gasteiger partial charge is 0.305 e. The third-order valence-corrected chi connectivity index (χ3v) is 19.6. The standard InChI is InChI=1S/C85H163NO5/c1-3-5-7-9-11-13-15-17-18-19-20-21-41-44-47-50-54-57-61-65-69-73-77-83(88)82(81-87)86-84(89)78-74-70-66-62-58-55-51-48-45-42-39-37-35-33-31-29-27-25-23-22-24-26-28-30-32-34-36-38-40-43-46-49-52-56-60-64-68-72-76-80-91-85(90)79-75-71-67-63-59-53-16-14-12-10-8-6-4-2/h14,16,22-23,73,77,82-83,87-88H,3-13,15,17-21,24-72,74-76,78-81H2,1-2H3,(H,86,89)/b16-14-,23-22-,77-73+. The van der Waals surface area contributed by atoms with Crippen LogP contribution in [0.3, 0.4) is 0 Å². The first-order chi connectivity index (χ1) is 45.0. The number of aliphatic hydroxyl groups is 2. The van der Waals surface area contributed by atoms with E-state index in [4.69, 9.17) is 4.74 Å². The molecule has 0 aromatic rings. The molecule has 6 nitrogen and oxygen atoms in total. The Bertz CT molecular complexity index is 1470. The molecular weight excluding hydrogens is 1110 g/mol. The summed E-state index contributed by atoms with van der Waals surface area (Å²) < 4.78 is 5.49. The predicted molar refractivity (Wildman–Crippen MR) is 403 cm³/mol. The van der Waals surface area contributed by atoms with Crippen LogP contribution in [0.1, 0.15) is 470 Å². The van der Waals surface area contributed by atoms with Crippen LogP contribution in [0.4, 0.5) is 0 Å². The van der Waals surface area contributed by atoms with Crippen LogP contribution in [0, 0.1) is 0 Å². The quantitative estimate of drug-likeness (QED) is 0.0320. The molecule has 0 rings (SSSR count). The molecular formula is C85H163NO5. The molecule has 91 heavy (non-hydrogen) atoms. The van der Waals surface area contributed by atoms with Gasteiger partial charge in [-0.1, -0.05) is 410 Å². The minimum absolute atomic E-state index is 0.0137. The normalized spacial score (nSPS) is 12.6. The van der Waals surface area contributed by atoms with Crippen LogP contribution >= 0.6 is 0 Å². The number of hydrogen-bond donors (Lipinski definition) is 3. The van der Waals surface area contributed by atoms with Crippen LogP contribution in [-0.4, -0.2) is 47.4 Å². The molecule has 3 N–H and O–H groups in total. The average molecular weight is 1280 g/mol. The molecule has 0 saturated carbocycles. The lowest BCUT2D eigenvalue weighted by Gasteiger charge is -2.20. The fourth-order valence-corrected chi connectivity index (χ4v) is 13.3. The highest BCUT2D eigenvalue weighted by molar-refractivity contribution is 5.76. The topological polar surface area (TPSA) is 95.9 Å². The first-order valence-electron chi connectivity index (χ1n) is 41.8. The Labute approximate surface area is 570 Å². The van der Waals surface area contributed by atoms with E-state index in [-0.39, 0.29) is 18.5 Å². The average Bonchev–Trinajstić information content (AvgIpc) is 3.70. The number of ether oxygens (including phenoxy) is 1. The summed E-state index contributed by atoms with van der Waals surface area (Å²) in [5.74, 6) is -0.0450. The minimum Gasteiger partial charge on any atom is -0.466 e. The highest BCUT2D eigenvalue weighted by Gasteiger charge is 2.18. The van der Waals surface area contributed by atoms with E-state index in [1.807, 2.05) is 6.08 Å². The van der Waals surface area contributed by atoms with Gasteiger partial charge >= 0.3 is 5.97 Å². The first kappa shape index (κ1) is 89.1. The van der Waals surface area contributed by atoms with Crippen molar-refractivity contribution < 1.29 is 24.5 Å². The van der Waals surface area contributed by atoms with E-state index >= 15 is 0 Å². The summed E-state index contributed by atoms with van der Waals surface area (Å²) in [6.07, 6.45) is 106. The fraction of sp³-hybridized carbons (Fsp3) is 0.906. The van der Waals surface area contributed by atoms with Gasteiger partial charge in [0.15, 0.2) is 0 Å². The molecule has 0 aromatic carbocycles. The van der Waals surface area contributed by atoms with Gasteiger partial charge < -0.3 is 20.3 Å². The zero-order valence-electron chi connectivity index (χ0n) is 61.9. The largest absolute Gasteiger partial charge is 0.466 e. The molecule has 0 saturated heterocycles. The molecule has 0 bridgehead atoms. The number of esters is 1. The van der Waals surface area contributed by atoms with Gasteiger partial charge in [-0.15, -0.1) is 0 Å². The Morgan fingerprint density at radius 1 is 0.297 bits per heavy atom. The Morgan fingerprint density at radius 2 is 0.516 bits per heavy atom. The Balaban J connectivity index is 3.35. The Morgan fingerprint density at radius 3 is 0.791 bits per heavy atom. The summed E-state index contributed by atoms with van der Waals surface area (Å²) in [4.78, 5) is 24.6. The van der Waals surface area contributed by atoms with Gasteiger partial charge in [-0.05, 0) is 83.5 Å². The molecule has 0 spiro atoms. The highest BCUT2D eigenvalue weighted by Crippen LogP contribution is 2.20. The number of rotatable bonds is 79. The summed E-state index contributed by atoms with van der Waals surface area (Å²) in [6, 6.07) is -0.626. The molecule has 0 fully saturated rings. The summed E-state index contributed by atoms with van der Waals surface area (Å²) in [7, 11) is 0. The van der Waals surface area contributed by atoms with Gasteiger partial charge in [0.1, 0.15) is 0 Å². The maximum absolute atomic E-state index is 12.6. The third-order valence-electron chi connectivity index (χ3n) is 19.6. The summed E-state index contributed by atoms with van der Waals surface area (Å²) >= 11 is 0. The number of carbonyl (C=O) groups excluding carboxylic acids is 2. The molecule has 0 radical (unpaired) electrons. The van der Waals surface area contributed by atoms with Crippen molar-refractivity contribution in [3.05, 3.63) is 36.5 Å². The molecule has 6 heteroatoms. The summed E-state index contributed by atoms with van der Waals surface area (Å²) in [5.41, 5.74) is 0. The number of hydrogen-bond acceptors (Lipinski definition) is 5. The van der Waals surface area contributed by atoms with E-state index in [2.05, 4.69) is 43.5 Å². The lowest BCUT2D eigenvalue weighted by Crippen LogP contribution is -2.45. The monoisotopic (exact) mass is 1280 g/mol. The Hall–Kier alpha value is -1.92. The van der Waals surface area contributed by atoms with Crippen LogP contribution < -0.4 is 5.32 Å². The lowest BCUT2D eigenvalue weighted by atomic mass is 10.0. The number of allylic oxidation sites excluding steroid dienone is 5. The van der Waals surface area contributed by atoms with E-state index in [9.17, 15) is 19.8 Å². The van der Waals surface area contributed by atoms with Gasteiger partial charge in [0, 0.05) is 12.8 Å². The van der Waals surface area contributed by atoms with Crippen LogP contribution in [-0.2, 0) is 14.3 Å². The van der Waals surface area contributed by atoms with Gasteiger partial charge in [0.25, 0.3) is 0 Å². The second-order valence-electron chi connectivity index (χ2n) is 28.8. The van der Waals surface area contributed by atoms with Crippen molar-refractivity contribution in [3.8, 4) is 0 Å². The molecule has 2 atom stereocenters. The van der Waals surface area contributed by atoms with E-state index < -0.39 is 12.1 Å². The molecule has 0 aliphatic carbocycles. The fourth-order valence-electron chi connectivity index (χ4n) is 13.3. The molecule has 1 amide bonds. The van der Waals surface area contributed by atoms with Crippen LogP contribution in [0.25, 0.3) is 0 Å². The van der Waals surface area contributed by atoms with Crippen LogP contribution in [0.5, 0.6) is 0 Å². The molecule has 2 unspecified atom stereocenters. The van der Waals surface area contributed by atoms with Crippen molar-refractivity contribution in [2.75, 3.05) is 13.2 Å². The SMILES string of the molecule is CCCCCC/C=C\CCCCCCCC(=O)OCCCCCCCCCCCCCCCCCCCC/C=C\CCCCCCCCCCCCCCCCCCCC(=O)NC(CO)C(O)/C=C/CCCCCCCCCCCCCCCCCCCCCC. The van der Waals surface area contributed by atoms with E-state index in [0.717, 1.165) is 44.9 Å². The number of aliphatic hydroxyl groups excluding tert-OH is 2. The number of nitrogens with one attached hydrogen (secondary N) is 1. The number of carbonyl (C=O) groups is 2. The van der Waals surface area contributed by atoms with Crippen molar-refractivity contribution >= 4 is 11.9 Å². The summed E-state index contributed by atoms with van der Waals surface area (Å²) in [6.45, 7) is 4.94. The maximum atomic E-state index is 12.6. The number of unbranched alkanes of at least 4 members (excludes halogenated alkanes) is 64. The van der Waals surface area contributed by atoms with Gasteiger partial charge in [-0.3, -0.25) is 9.59 Å². The van der Waals surface area contributed by atoms with Crippen molar-refractivity contribution in [2.24, 2.45) is 0 Å². The zero-order valence-corrected chi connectivity index (χ0v) is 61.9. The molecule has 0 aliphatic heterocycles. The van der Waals surface area contributed by atoms with Crippen molar-refractivity contribution in [2.45, 2.75) is 482 Å². The van der Waals surface area contributed by atoms with Crippen LogP contribution in [0.15, 0.2) is 36.5 Å². The predicted octanol–water partition coefficient (Wildman–Crippen LogP) is 27.8. The van der Waals surface area contributed by atoms with Crippen molar-refractivity contribution in [1.82, 2.24) is 5.32 Å². The minimum atomic E-state index is -0.843. The van der Waals surface area contributed by atoms with Gasteiger partial charge in [0.2, 0.25) is 5.91 Å². The second-order valence-corrected chi connectivity index (χ2v) is 28.8. The second kappa shape index (κ2) is 80.5. The van der Waals surface area contributed by atoms with E-state index in [1.54, 1.807) is 6.08 Å². The van der Waals surface area contributed by atoms with Gasteiger partial charge in [-0.2, -0.15) is 0 Å². The molecule has 538 valence electrons. The molecule has 0 heterocycles. The van der Waals surface area contributed by atoms with Crippen LogP contribution in [0.2, 0.25) is 0 Å². The maximum Gasteiger partial charge on any atom is 0.305 e. The highest BCUT2D eigenvalue weighted by atomic mass is 16.5. The molecule has 0 aromatic heterocycles. The zero-order chi connectivity index (χ0) is 65.6. The van der Waals surface area contributed by atoms with E-state index in [1.165, 1.54) is 398 Å². The lowest BCUT2D eigenvalue weighted by molar-refractivity contribution is -0.143. The third kappa shape index (κ3) is 77.0. The first-order valence-corrected chi connectivity index (χ1v) is 41.8. The Kier molecular flexibility index (Phi) is 78.8.